The van der Waals surface area contributed by atoms with Crippen LogP contribution in [0, 0.1) is 0 Å². The highest BCUT2D eigenvalue weighted by molar-refractivity contribution is 7.94. The lowest BCUT2D eigenvalue weighted by Crippen LogP contribution is -2.57. The Morgan fingerprint density at radius 1 is 1.34 bits per heavy atom. The van der Waals surface area contributed by atoms with Crippen LogP contribution < -0.4 is 0 Å². The number of aliphatic imine (C=N–C) groups is 1. The maximum absolute atomic E-state index is 12.7. The second-order valence-corrected chi connectivity index (χ2v) is 10.0. The molecular weight excluding hydrogens is 451 g/mol. The van der Waals surface area contributed by atoms with Crippen LogP contribution >= 0.6 is 23.2 Å². The summed E-state index contributed by atoms with van der Waals surface area (Å²) < 4.78 is 23.4. The zero-order chi connectivity index (χ0) is 21.9. The zero-order valence-electron chi connectivity index (χ0n) is 14.7. The number of carbonyl (C=O) groups is 3. The molecule has 0 radical (unpaired) electrons. The zero-order valence-corrected chi connectivity index (χ0v) is 17.0. The van der Waals surface area contributed by atoms with Crippen LogP contribution in [-0.2, 0) is 19.4 Å². The number of nitrogens with zero attached hydrogens (tertiary/aromatic N) is 2. The monoisotopic (exact) mass is 464 g/mol. The van der Waals surface area contributed by atoms with Gasteiger partial charge >= 0.3 is 5.97 Å². The molecule has 0 aromatic heterocycles. The Bertz CT molecular complexity index is 1090. The number of carboxylic acid groups (broad SMARTS) is 1. The average molecular weight is 465 g/mol. The molecule has 3 N–H and O–H groups in total. The number of carbonyl (C=O) groups excluding carboxylic acids is 2. The van der Waals surface area contributed by atoms with E-state index >= 15 is 0 Å². The summed E-state index contributed by atoms with van der Waals surface area (Å²) in [5.74, 6) is -4.39. The van der Waals surface area contributed by atoms with E-state index in [1.807, 2.05) is 0 Å². The molecule has 0 bridgehead atoms. The number of rotatable bonds is 5. The molecule has 0 unspecified atom stereocenters. The molecule has 0 saturated carbocycles. The molecule has 2 fully saturated rings. The van der Waals surface area contributed by atoms with Crippen molar-refractivity contribution >= 4 is 56.9 Å². The third-order valence-electron chi connectivity index (χ3n) is 5.02. The third kappa shape index (κ3) is 2.95. The largest absolute Gasteiger partial charge is 0.503 e. The SMILES string of the molecule is C[C@]1(C=NCC(=O)c2cc(Cl)c(O)c(O)c2Cl)[C@H](C(=O)O)N2C(=O)C[C@H]2S1(=O)=O. The van der Waals surface area contributed by atoms with Crippen molar-refractivity contribution < 1.29 is 38.1 Å². The van der Waals surface area contributed by atoms with Gasteiger partial charge in [-0.05, 0) is 13.0 Å². The summed E-state index contributed by atoms with van der Waals surface area (Å²) >= 11 is 11.5. The number of halogens is 2. The fourth-order valence-corrected chi connectivity index (χ4v) is 6.09. The molecule has 1 aromatic carbocycles. The molecule has 10 nitrogen and oxygen atoms in total. The molecule has 1 aromatic rings. The van der Waals surface area contributed by atoms with E-state index in [4.69, 9.17) is 23.2 Å². The molecule has 13 heteroatoms. The molecule has 2 aliphatic heterocycles. The second-order valence-electron chi connectivity index (χ2n) is 6.74. The van der Waals surface area contributed by atoms with Crippen molar-refractivity contribution in [1.82, 2.24) is 4.90 Å². The first-order valence-corrected chi connectivity index (χ1v) is 10.4. The van der Waals surface area contributed by atoms with Gasteiger partial charge in [-0.15, -0.1) is 0 Å². The van der Waals surface area contributed by atoms with Gasteiger partial charge in [-0.25, -0.2) is 13.2 Å². The first-order valence-electron chi connectivity index (χ1n) is 8.06. The van der Waals surface area contributed by atoms with Gasteiger partial charge in [-0.3, -0.25) is 14.6 Å². The molecule has 3 atom stereocenters. The minimum Gasteiger partial charge on any atom is -0.503 e. The fourth-order valence-electron chi connectivity index (χ4n) is 3.40. The lowest BCUT2D eigenvalue weighted by molar-refractivity contribution is -0.156. The Hall–Kier alpha value is -2.37. The number of carboxylic acids is 1. The molecule has 2 heterocycles. The van der Waals surface area contributed by atoms with Gasteiger partial charge in [0.15, 0.2) is 33.2 Å². The highest BCUT2D eigenvalue weighted by Gasteiger charge is 2.69. The number of sulfone groups is 1. The Labute approximate surface area is 174 Å². The van der Waals surface area contributed by atoms with Crippen LogP contribution in [0.25, 0.3) is 0 Å². The number of β-lactam (4-membered cyclic amide) rings is 1. The van der Waals surface area contributed by atoms with Gasteiger partial charge in [0.1, 0.15) is 16.7 Å². The van der Waals surface area contributed by atoms with Gasteiger partial charge in [0, 0.05) is 11.8 Å². The van der Waals surface area contributed by atoms with Gasteiger partial charge in [0.25, 0.3) is 0 Å². The second kappa shape index (κ2) is 6.85. The number of phenols is 2. The molecule has 0 aliphatic carbocycles. The quantitative estimate of drug-likeness (QED) is 0.250. The predicted octanol–water partition coefficient (Wildman–Crippen LogP) is 0.857. The van der Waals surface area contributed by atoms with Crippen molar-refractivity contribution in [3.8, 4) is 11.5 Å². The summed E-state index contributed by atoms with van der Waals surface area (Å²) in [7, 11) is -4.10. The van der Waals surface area contributed by atoms with Crippen molar-refractivity contribution in [3.63, 3.8) is 0 Å². The van der Waals surface area contributed by atoms with Crippen LogP contribution in [0.2, 0.25) is 10.0 Å². The number of aliphatic carboxylic acids is 1. The van der Waals surface area contributed by atoms with E-state index in [2.05, 4.69) is 4.99 Å². The average Bonchev–Trinajstić information content (AvgIpc) is 2.77. The fraction of sp³-hybridized carbons (Fsp3) is 0.375. The standard InChI is InChI=1S/C16H14Cl2N2O8S/c1-16(14(15(25)26)20-9(22)3-10(20)29(16,27)28)5-19-4-8(21)6-2-7(17)12(23)13(24)11(6)18/h2,5,10,14,23-24H,3-4H2,1H3,(H,25,26)/t10-,14+,16+/m1/s1. The summed E-state index contributed by atoms with van der Waals surface area (Å²) in [6.07, 6.45) is 0.524. The summed E-state index contributed by atoms with van der Waals surface area (Å²) in [6.45, 7) is 0.479. The molecule has 29 heavy (non-hydrogen) atoms. The minimum absolute atomic E-state index is 0.266. The molecule has 2 aliphatic rings. The normalized spacial score (nSPS) is 27.7. The number of hydrogen-bond acceptors (Lipinski definition) is 8. The number of fused-ring (bicyclic) bond motifs is 1. The van der Waals surface area contributed by atoms with E-state index in [9.17, 15) is 38.1 Å². The number of aromatic hydroxyl groups is 2. The summed E-state index contributed by atoms with van der Waals surface area (Å²) in [6, 6.07) is -0.663. The minimum atomic E-state index is -4.10. The van der Waals surface area contributed by atoms with Crippen molar-refractivity contribution in [2.75, 3.05) is 6.54 Å². The summed E-state index contributed by atoms with van der Waals surface area (Å²) in [4.78, 5) is 40.3. The smallest absolute Gasteiger partial charge is 0.328 e. The molecular formula is C16H14Cl2N2O8S. The summed E-state index contributed by atoms with van der Waals surface area (Å²) in [5, 5.41) is 26.6. The van der Waals surface area contributed by atoms with Crippen LogP contribution in [0.5, 0.6) is 11.5 Å². The van der Waals surface area contributed by atoms with E-state index in [-0.39, 0.29) is 17.0 Å². The van der Waals surface area contributed by atoms with Crippen molar-refractivity contribution in [2.45, 2.75) is 29.5 Å². The van der Waals surface area contributed by atoms with Gasteiger partial charge in [-0.1, -0.05) is 23.2 Å². The maximum Gasteiger partial charge on any atom is 0.328 e. The Balaban J connectivity index is 1.90. The van der Waals surface area contributed by atoms with Crippen LogP contribution in [0.1, 0.15) is 23.7 Å². The van der Waals surface area contributed by atoms with Crippen LogP contribution in [0.15, 0.2) is 11.1 Å². The van der Waals surface area contributed by atoms with E-state index < -0.39 is 66.7 Å². The molecule has 156 valence electrons. The first kappa shape index (κ1) is 21.3. The molecule has 1 amide bonds. The number of benzene rings is 1. The van der Waals surface area contributed by atoms with Gasteiger partial charge < -0.3 is 20.2 Å². The predicted molar refractivity (Wildman–Crippen MR) is 101 cm³/mol. The molecule has 0 spiro atoms. The topological polar surface area (TPSA) is 162 Å². The number of amides is 1. The Morgan fingerprint density at radius 3 is 2.52 bits per heavy atom. The van der Waals surface area contributed by atoms with E-state index in [1.54, 1.807) is 0 Å². The van der Waals surface area contributed by atoms with Gasteiger partial charge in [0.05, 0.1) is 16.5 Å². The Morgan fingerprint density at radius 2 is 1.97 bits per heavy atom. The number of hydrogen-bond donors (Lipinski definition) is 3. The van der Waals surface area contributed by atoms with Crippen LogP contribution in [0.4, 0.5) is 0 Å². The lowest BCUT2D eigenvalue weighted by atomic mass is 9.97. The first-order chi connectivity index (χ1) is 13.3. The van der Waals surface area contributed by atoms with Gasteiger partial charge in [-0.2, -0.15) is 0 Å². The Kier molecular flexibility index (Phi) is 5.04. The van der Waals surface area contributed by atoms with Crippen molar-refractivity contribution in [1.29, 1.82) is 0 Å². The van der Waals surface area contributed by atoms with E-state index in [0.717, 1.165) is 24.1 Å². The summed E-state index contributed by atoms with van der Waals surface area (Å²) in [5.41, 5.74) is -0.266. The number of phenolic OH excluding ortho intramolecular Hbond substituents is 2. The van der Waals surface area contributed by atoms with Crippen molar-refractivity contribution in [3.05, 3.63) is 21.7 Å². The lowest BCUT2D eigenvalue weighted by Gasteiger charge is -2.35. The van der Waals surface area contributed by atoms with Gasteiger partial charge in [0.2, 0.25) is 5.91 Å². The van der Waals surface area contributed by atoms with Crippen molar-refractivity contribution in [2.24, 2.45) is 4.99 Å². The van der Waals surface area contributed by atoms with Crippen LogP contribution in [0.3, 0.4) is 0 Å². The highest BCUT2D eigenvalue weighted by atomic mass is 35.5. The maximum atomic E-state index is 12.7. The third-order valence-corrected chi connectivity index (χ3v) is 8.36. The number of ketones is 1. The van der Waals surface area contributed by atoms with E-state index in [0.29, 0.717) is 0 Å². The highest BCUT2D eigenvalue weighted by Crippen LogP contribution is 2.45. The van der Waals surface area contributed by atoms with Crippen LogP contribution in [-0.4, -0.2) is 75.2 Å². The molecule has 3 rings (SSSR count). The number of Topliss-reactive ketones (excluding diaryl/α,β-unsaturated/α-hetero) is 1. The molecule has 2 saturated heterocycles. The van der Waals surface area contributed by atoms with E-state index in [1.165, 1.54) is 0 Å².